The van der Waals surface area contributed by atoms with Crippen LogP contribution in [0.5, 0.6) is 5.75 Å². The summed E-state index contributed by atoms with van der Waals surface area (Å²) in [5, 5.41) is 17.2. The summed E-state index contributed by atoms with van der Waals surface area (Å²) in [5.41, 5.74) is 4.73. The summed E-state index contributed by atoms with van der Waals surface area (Å²) in [4.78, 5) is 12.4. The SMILES string of the molecule is O=C(NCCOCCOc1cc(F)ccc1-c1nnc(-c2ccc3c(c2)CCNC3)c2c(F)csc12)C1CCCCCC1. The molecule has 0 unspecified atom stereocenters. The number of amides is 1. The molecule has 0 bridgehead atoms. The monoisotopic (exact) mass is 606 g/mol. The van der Waals surface area contributed by atoms with Crippen LogP contribution in [0.2, 0.25) is 0 Å². The van der Waals surface area contributed by atoms with E-state index < -0.39 is 5.82 Å². The lowest BCUT2D eigenvalue weighted by Crippen LogP contribution is -2.33. The van der Waals surface area contributed by atoms with E-state index in [1.807, 2.05) is 6.07 Å². The number of halogens is 2. The molecule has 226 valence electrons. The number of carbonyl (C=O) groups is 1. The van der Waals surface area contributed by atoms with Crippen molar-refractivity contribution in [1.82, 2.24) is 20.8 Å². The predicted molar refractivity (Wildman–Crippen MR) is 164 cm³/mol. The van der Waals surface area contributed by atoms with Gasteiger partial charge in [0.2, 0.25) is 5.91 Å². The Morgan fingerprint density at radius 2 is 1.81 bits per heavy atom. The topological polar surface area (TPSA) is 85.4 Å². The third-order valence-corrected chi connectivity index (χ3v) is 9.23. The van der Waals surface area contributed by atoms with Gasteiger partial charge in [-0.15, -0.1) is 21.5 Å². The molecule has 2 aromatic heterocycles. The van der Waals surface area contributed by atoms with Crippen LogP contribution in [0, 0.1) is 17.6 Å². The molecule has 2 N–H and O–H groups in total. The van der Waals surface area contributed by atoms with Crippen LogP contribution >= 0.6 is 11.3 Å². The van der Waals surface area contributed by atoms with Crippen LogP contribution in [0.3, 0.4) is 0 Å². The highest BCUT2D eigenvalue weighted by Gasteiger charge is 2.22. The molecular formula is C33H36F2N4O3S. The predicted octanol–water partition coefficient (Wildman–Crippen LogP) is 6.43. The van der Waals surface area contributed by atoms with Gasteiger partial charge in [-0.1, -0.05) is 37.8 Å². The first kappa shape index (κ1) is 29.6. The Labute approximate surface area is 254 Å². The van der Waals surface area contributed by atoms with Gasteiger partial charge in [0.1, 0.15) is 35.4 Å². The van der Waals surface area contributed by atoms with Gasteiger partial charge in [0.25, 0.3) is 0 Å². The van der Waals surface area contributed by atoms with Crippen molar-refractivity contribution in [2.45, 2.75) is 51.5 Å². The molecule has 2 aromatic carbocycles. The number of nitrogens with one attached hydrogen (secondary N) is 2. The van der Waals surface area contributed by atoms with E-state index in [0.29, 0.717) is 40.2 Å². The fourth-order valence-corrected chi connectivity index (χ4v) is 6.90. The molecule has 7 nitrogen and oxygen atoms in total. The van der Waals surface area contributed by atoms with Crippen LogP contribution in [0.1, 0.15) is 49.7 Å². The maximum atomic E-state index is 15.2. The fraction of sp³-hybridized carbons (Fsp3) is 0.424. The smallest absolute Gasteiger partial charge is 0.223 e. The number of ether oxygens (including phenoxy) is 2. The van der Waals surface area contributed by atoms with Crippen molar-refractivity contribution < 1.29 is 23.0 Å². The quantitative estimate of drug-likeness (QED) is 0.160. The van der Waals surface area contributed by atoms with Gasteiger partial charge in [0, 0.05) is 41.6 Å². The Morgan fingerprint density at radius 3 is 2.67 bits per heavy atom. The second-order valence-electron chi connectivity index (χ2n) is 11.2. The van der Waals surface area contributed by atoms with Crippen molar-refractivity contribution in [3.63, 3.8) is 0 Å². The molecule has 1 aliphatic heterocycles. The number of hydrogen-bond acceptors (Lipinski definition) is 7. The van der Waals surface area contributed by atoms with Gasteiger partial charge in [-0.2, -0.15) is 0 Å². The third kappa shape index (κ3) is 6.87. The van der Waals surface area contributed by atoms with Crippen molar-refractivity contribution >= 4 is 27.3 Å². The van der Waals surface area contributed by atoms with Crippen LogP contribution in [0.4, 0.5) is 8.78 Å². The Bertz CT molecular complexity index is 1590. The molecular weight excluding hydrogens is 570 g/mol. The van der Waals surface area contributed by atoms with Gasteiger partial charge < -0.3 is 20.1 Å². The minimum Gasteiger partial charge on any atom is -0.490 e. The van der Waals surface area contributed by atoms with Crippen molar-refractivity contribution in [1.29, 1.82) is 0 Å². The zero-order valence-electron chi connectivity index (χ0n) is 24.1. The van der Waals surface area contributed by atoms with E-state index in [1.165, 1.54) is 52.8 Å². The molecule has 1 fully saturated rings. The minimum atomic E-state index is -0.456. The Morgan fingerprint density at radius 1 is 0.977 bits per heavy atom. The molecule has 3 heterocycles. The summed E-state index contributed by atoms with van der Waals surface area (Å²) in [7, 11) is 0. The van der Waals surface area contributed by atoms with E-state index in [2.05, 4.69) is 33.0 Å². The van der Waals surface area contributed by atoms with E-state index in [-0.39, 0.29) is 36.6 Å². The maximum absolute atomic E-state index is 15.2. The number of hydrogen-bond donors (Lipinski definition) is 2. The fourth-order valence-electron chi connectivity index (χ4n) is 5.99. The highest BCUT2D eigenvalue weighted by molar-refractivity contribution is 7.17. The minimum absolute atomic E-state index is 0.105. The molecule has 1 saturated carbocycles. The van der Waals surface area contributed by atoms with E-state index in [1.54, 1.807) is 6.07 Å². The largest absolute Gasteiger partial charge is 0.490 e. The van der Waals surface area contributed by atoms with E-state index in [0.717, 1.165) is 50.8 Å². The normalized spacial score (nSPS) is 15.7. The summed E-state index contributed by atoms with van der Waals surface area (Å²) in [6, 6.07) is 10.3. The molecule has 43 heavy (non-hydrogen) atoms. The van der Waals surface area contributed by atoms with Crippen molar-refractivity contribution in [2.24, 2.45) is 5.92 Å². The second kappa shape index (κ2) is 13.9. The van der Waals surface area contributed by atoms with Crippen LogP contribution in [-0.2, 0) is 22.5 Å². The van der Waals surface area contributed by atoms with Gasteiger partial charge in [-0.3, -0.25) is 4.79 Å². The average molecular weight is 607 g/mol. The Balaban J connectivity index is 1.12. The molecule has 4 aromatic rings. The van der Waals surface area contributed by atoms with Gasteiger partial charge >= 0.3 is 0 Å². The number of rotatable bonds is 10. The lowest BCUT2D eigenvalue weighted by atomic mass is 9.96. The van der Waals surface area contributed by atoms with E-state index in [4.69, 9.17) is 9.47 Å². The van der Waals surface area contributed by atoms with E-state index in [9.17, 15) is 9.18 Å². The number of benzene rings is 2. The highest BCUT2D eigenvalue weighted by atomic mass is 32.1. The highest BCUT2D eigenvalue weighted by Crippen LogP contribution is 2.41. The van der Waals surface area contributed by atoms with Crippen LogP contribution in [0.15, 0.2) is 41.8 Å². The van der Waals surface area contributed by atoms with E-state index >= 15 is 4.39 Å². The summed E-state index contributed by atoms with van der Waals surface area (Å²) in [5.74, 6) is -0.326. The van der Waals surface area contributed by atoms with Crippen LogP contribution < -0.4 is 15.4 Å². The number of nitrogens with zero attached hydrogens (tertiary/aromatic N) is 2. The average Bonchev–Trinajstić information content (AvgIpc) is 3.22. The molecule has 10 heteroatoms. The molecule has 0 saturated heterocycles. The zero-order valence-corrected chi connectivity index (χ0v) is 24.9. The van der Waals surface area contributed by atoms with Gasteiger partial charge in [0.15, 0.2) is 0 Å². The molecule has 1 amide bonds. The van der Waals surface area contributed by atoms with Crippen molar-refractivity contribution in [3.05, 3.63) is 64.5 Å². The Hall–Kier alpha value is -3.47. The number of fused-ring (bicyclic) bond motifs is 2. The summed E-state index contributed by atoms with van der Waals surface area (Å²) < 4.78 is 41.7. The first-order chi connectivity index (χ1) is 21.1. The molecule has 0 radical (unpaired) electrons. The number of thiophene rings is 1. The maximum Gasteiger partial charge on any atom is 0.223 e. The third-order valence-electron chi connectivity index (χ3n) is 8.27. The summed E-state index contributed by atoms with van der Waals surface area (Å²) >= 11 is 1.24. The number of aromatic nitrogens is 2. The standard InChI is InChI=1S/C33H36F2N4O3S/c34-25-9-10-26(28(18-25)42-16-15-41-14-13-37-33(40)21-5-3-1-2-4-6-21)31-32-29(27(35)20-43-32)30(38-39-31)23-7-8-24-19-36-12-11-22(24)17-23/h7-10,17-18,20-21,36H,1-6,11-16,19H2,(H,37,40). The molecule has 2 aliphatic rings. The first-order valence-corrected chi connectivity index (χ1v) is 16.0. The second-order valence-corrected chi connectivity index (χ2v) is 12.1. The first-order valence-electron chi connectivity index (χ1n) is 15.1. The number of carbonyl (C=O) groups excluding carboxylic acids is 1. The molecule has 0 spiro atoms. The van der Waals surface area contributed by atoms with Crippen molar-refractivity contribution in [2.75, 3.05) is 32.9 Å². The molecule has 0 atom stereocenters. The zero-order chi connectivity index (χ0) is 29.6. The molecule has 6 rings (SSSR count). The van der Waals surface area contributed by atoms with Crippen molar-refractivity contribution in [3.8, 4) is 28.3 Å². The van der Waals surface area contributed by atoms with Gasteiger partial charge in [-0.05, 0) is 55.1 Å². The summed E-state index contributed by atoms with van der Waals surface area (Å²) in [6.45, 7) is 2.95. The summed E-state index contributed by atoms with van der Waals surface area (Å²) in [6.07, 6.45) is 7.46. The molecule has 1 aliphatic carbocycles. The lowest BCUT2D eigenvalue weighted by Gasteiger charge is -2.18. The van der Waals surface area contributed by atoms with Crippen LogP contribution in [-0.4, -0.2) is 49.0 Å². The van der Waals surface area contributed by atoms with Crippen LogP contribution in [0.25, 0.3) is 32.6 Å². The Kier molecular flexibility index (Phi) is 9.55. The van der Waals surface area contributed by atoms with Gasteiger partial charge in [-0.25, -0.2) is 8.78 Å². The van der Waals surface area contributed by atoms with Gasteiger partial charge in [0.05, 0.1) is 23.3 Å². The lowest BCUT2D eigenvalue weighted by molar-refractivity contribution is -0.125.